The Hall–Kier alpha value is -1.00. The van der Waals surface area contributed by atoms with E-state index in [9.17, 15) is 4.79 Å². The van der Waals surface area contributed by atoms with E-state index in [1.807, 2.05) is 17.7 Å². The molecule has 4 nitrogen and oxygen atoms in total. The van der Waals surface area contributed by atoms with Crippen LogP contribution in [0.5, 0.6) is 0 Å². The van der Waals surface area contributed by atoms with Gasteiger partial charge in [0.15, 0.2) is 0 Å². The van der Waals surface area contributed by atoms with Gasteiger partial charge in [0.1, 0.15) is 5.69 Å². The standard InChI is InChI=1S/C12H18ClN3O/c1-8(14)4-5-15-12(17)11-6-9(13)7-16(11)10-2-3-10/h6-8,10H,2-5,14H2,1H3,(H,15,17). The normalized spacial score (nSPS) is 16.9. The second-order valence-electron chi connectivity index (χ2n) is 4.70. The molecule has 3 N–H and O–H groups in total. The number of rotatable bonds is 5. The van der Waals surface area contributed by atoms with Crippen molar-refractivity contribution in [2.75, 3.05) is 6.54 Å². The van der Waals surface area contributed by atoms with Gasteiger partial charge in [-0.2, -0.15) is 0 Å². The lowest BCUT2D eigenvalue weighted by molar-refractivity contribution is 0.0943. The molecule has 1 amide bonds. The van der Waals surface area contributed by atoms with Gasteiger partial charge < -0.3 is 15.6 Å². The van der Waals surface area contributed by atoms with Crippen LogP contribution in [0.1, 0.15) is 42.7 Å². The van der Waals surface area contributed by atoms with E-state index in [1.165, 1.54) is 0 Å². The highest BCUT2D eigenvalue weighted by molar-refractivity contribution is 6.31. The Morgan fingerprint density at radius 2 is 2.41 bits per heavy atom. The Morgan fingerprint density at radius 3 is 3.00 bits per heavy atom. The average molecular weight is 256 g/mol. The molecule has 1 heterocycles. The van der Waals surface area contributed by atoms with Crippen LogP contribution >= 0.6 is 11.6 Å². The predicted molar refractivity (Wildman–Crippen MR) is 68.3 cm³/mol. The van der Waals surface area contributed by atoms with Crippen molar-refractivity contribution in [1.82, 2.24) is 9.88 Å². The number of aromatic nitrogens is 1. The van der Waals surface area contributed by atoms with Crippen molar-refractivity contribution in [3.05, 3.63) is 23.0 Å². The Kier molecular flexibility index (Phi) is 3.74. The third-order valence-corrected chi connectivity index (χ3v) is 3.08. The zero-order valence-electron chi connectivity index (χ0n) is 9.95. The number of nitrogens with zero attached hydrogens (tertiary/aromatic N) is 1. The molecule has 17 heavy (non-hydrogen) atoms. The number of nitrogens with two attached hydrogens (primary N) is 1. The van der Waals surface area contributed by atoms with Crippen molar-refractivity contribution in [1.29, 1.82) is 0 Å². The quantitative estimate of drug-likeness (QED) is 0.845. The van der Waals surface area contributed by atoms with E-state index in [1.54, 1.807) is 6.07 Å². The summed E-state index contributed by atoms with van der Waals surface area (Å²) in [6, 6.07) is 2.28. The Morgan fingerprint density at radius 1 is 1.71 bits per heavy atom. The Balaban J connectivity index is 1.98. The van der Waals surface area contributed by atoms with E-state index in [0.717, 1.165) is 19.3 Å². The van der Waals surface area contributed by atoms with Crippen LogP contribution in [0, 0.1) is 0 Å². The van der Waals surface area contributed by atoms with Gasteiger partial charge in [0, 0.05) is 24.8 Å². The second-order valence-corrected chi connectivity index (χ2v) is 5.14. The van der Waals surface area contributed by atoms with Gasteiger partial charge in [-0.25, -0.2) is 0 Å². The topological polar surface area (TPSA) is 60.0 Å². The Bertz CT molecular complexity index is 410. The molecule has 0 saturated heterocycles. The number of nitrogens with one attached hydrogen (secondary N) is 1. The highest BCUT2D eigenvalue weighted by Crippen LogP contribution is 2.37. The van der Waals surface area contributed by atoms with Gasteiger partial charge in [-0.1, -0.05) is 11.6 Å². The number of amides is 1. The maximum atomic E-state index is 12.0. The van der Waals surface area contributed by atoms with Crippen molar-refractivity contribution < 1.29 is 4.79 Å². The number of carbonyl (C=O) groups is 1. The molecule has 0 bridgehead atoms. The van der Waals surface area contributed by atoms with Gasteiger partial charge in [0.25, 0.3) is 5.91 Å². The molecule has 5 heteroatoms. The first kappa shape index (κ1) is 12.5. The second kappa shape index (κ2) is 5.10. The highest BCUT2D eigenvalue weighted by Gasteiger charge is 2.27. The summed E-state index contributed by atoms with van der Waals surface area (Å²) >= 11 is 5.95. The fourth-order valence-electron chi connectivity index (χ4n) is 1.79. The summed E-state index contributed by atoms with van der Waals surface area (Å²) in [6.07, 6.45) is 4.87. The summed E-state index contributed by atoms with van der Waals surface area (Å²) in [4.78, 5) is 12.0. The molecular weight excluding hydrogens is 238 g/mol. The summed E-state index contributed by atoms with van der Waals surface area (Å²) < 4.78 is 1.98. The number of carbonyl (C=O) groups excluding carboxylic acids is 1. The number of hydrogen-bond acceptors (Lipinski definition) is 2. The largest absolute Gasteiger partial charge is 0.351 e. The number of halogens is 1. The number of hydrogen-bond donors (Lipinski definition) is 2. The first-order valence-electron chi connectivity index (χ1n) is 5.99. The molecule has 1 atom stereocenters. The van der Waals surface area contributed by atoms with E-state index in [-0.39, 0.29) is 11.9 Å². The zero-order chi connectivity index (χ0) is 12.4. The van der Waals surface area contributed by atoms with Crippen LogP contribution in [-0.4, -0.2) is 23.1 Å². The molecule has 0 spiro atoms. The first-order chi connectivity index (χ1) is 8.08. The van der Waals surface area contributed by atoms with E-state index < -0.39 is 0 Å². The minimum Gasteiger partial charge on any atom is -0.351 e. The smallest absolute Gasteiger partial charge is 0.267 e. The van der Waals surface area contributed by atoms with Crippen LogP contribution in [-0.2, 0) is 0 Å². The molecule has 0 aromatic carbocycles. The molecular formula is C12H18ClN3O. The van der Waals surface area contributed by atoms with Gasteiger partial charge in [0.2, 0.25) is 0 Å². The lowest BCUT2D eigenvalue weighted by Gasteiger charge is -2.09. The molecule has 1 aliphatic rings. The van der Waals surface area contributed by atoms with Crippen LogP contribution in [0.25, 0.3) is 0 Å². The third kappa shape index (κ3) is 3.23. The van der Waals surface area contributed by atoms with Crippen LogP contribution in [0.2, 0.25) is 5.02 Å². The van der Waals surface area contributed by atoms with Gasteiger partial charge >= 0.3 is 0 Å². The van der Waals surface area contributed by atoms with Crippen LogP contribution in [0.4, 0.5) is 0 Å². The molecule has 0 radical (unpaired) electrons. The minimum absolute atomic E-state index is 0.0653. The van der Waals surface area contributed by atoms with Crippen LogP contribution < -0.4 is 11.1 Å². The van der Waals surface area contributed by atoms with Crippen LogP contribution in [0.15, 0.2) is 12.3 Å². The van der Waals surface area contributed by atoms with Gasteiger partial charge in [-0.3, -0.25) is 4.79 Å². The third-order valence-electron chi connectivity index (χ3n) is 2.87. The maximum absolute atomic E-state index is 12.0. The van der Waals surface area contributed by atoms with E-state index in [4.69, 9.17) is 17.3 Å². The average Bonchev–Trinajstić information content (AvgIpc) is 3.01. The lowest BCUT2D eigenvalue weighted by Crippen LogP contribution is -2.30. The van der Waals surface area contributed by atoms with Crippen molar-refractivity contribution in [3.8, 4) is 0 Å². The van der Waals surface area contributed by atoms with Crippen molar-refractivity contribution in [2.45, 2.75) is 38.3 Å². The summed E-state index contributed by atoms with van der Waals surface area (Å²) in [5.74, 6) is -0.0653. The lowest BCUT2D eigenvalue weighted by atomic mass is 10.2. The molecule has 94 valence electrons. The SMILES string of the molecule is CC(N)CCNC(=O)c1cc(Cl)cn1C1CC1. The Labute approximate surface area is 106 Å². The van der Waals surface area contributed by atoms with Crippen molar-refractivity contribution >= 4 is 17.5 Å². The van der Waals surface area contributed by atoms with Gasteiger partial charge in [-0.05, 0) is 32.3 Å². The first-order valence-corrected chi connectivity index (χ1v) is 6.37. The van der Waals surface area contributed by atoms with Crippen molar-refractivity contribution in [3.63, 3.8) is 0 Å². The summed E-state index contributed by atoms with van der Waals surface area (Å²) in [6.45, 7) is 2.53. The van der Waals surface area contributed by atoms with Gasteiger partial charge in [0.05, 0.1) is 5.02 Å². The van der Waals surface area contributed by atoms with Crippen LogP contribution in [0.3, 0.4) is 0 Å². The molecule has 1 fully saturated rings. The van der Waals surface area contributed by atoms with E-state index >= 15 is 0 Å². The monoisotopic (exact) mass is 255 g/mol. The maximum Gasteiger partial charge on any atom is 0.267 e. The van der Waals surface area contributed by atoms with Gasteiger partial charge in [-0.15, -0.1) is 0 Å². The highest BCUT2D eigenvalue weighted by atomic mass is 35.5. The predicted octanol–water partition coefficient (Wildman–Crippen LogP) is 1.94. The fraction of sp³-hybridized carbons (Fsp3) is 0.583. The summed E-state index contributed by atoms with van der Waals surface area (Å²) in [5, 5.41) is 3.49. The van der Waals surface area contributed by atoms with Crippen molar-refractivity contribution in [2.24, 2.45) is 5.73 Å². The minimum atomic E-state index is -0.0653. The molecule has 1 aromatic rings. The molecule has 1 aliphatic carbocycles. The summed E-state index contributed by atoms with van der Waals surface area (Å²) in [5.41, 5.74) is 6.29. The summed E-state index contributed by atoms with van der Waals surface area (Å²) in [7, 11) is 0. The van der Waals surface area contributed by atoms with E-state index in [0.29, 0.717) is 23.3 Å². The molecule has 1 saturated carbocycles. The molecule has 2 rings (SSSR count). The molecule has 1 aromatic heterocycles. The molecule has 0 aliphatic heterocycles. The van der Waals surface area contributed by atoms with E-state index in [2.05, 4.69) is 5.32 Å². The zero-order valence-corrected chi connectivity index (χ0v) is 10.7. The molecule has 1 unspecified atom stereocenters. The fourth-order valence-corrected chi connectivity index (χ4v) is 1.99.